The van der Waals surface area contributed by atoms with Crippen LogP contribution >= 0.6 is 0 Å². The van der Waals surface area contributed by atoms with Crippen LogP contribution in [0.1, 0.15) is 72.3 Å². The third kappa shape index (κ3) is 14.7. The minimum absolute atomic E-state index is 0.0128. The topological polar surface area (TPSA) is 259 Å². The van der Waals surface area contributed by atoms with Gasteiger partial charge in [-0.25, -0.2) is 9.97 Å². The lowest BCUT2D eigenvalue weighted by Crippen LogP contribution is -2.43. The molecule has 0 bridgehead atoms. The van der Waals surface area contributed by atoms with Crippen molar-refractivity contribution in [3.63, 3.8) is 0 Å². The van der Waals surface area contributed by atoms with Gasteiger partial charge in [0.15, 0.2) is 17.5 Å². The molecule has 0 aliphatic carbocycles. The number of nitrogens with zero attached hydrogens (tertiary/aromatic N) is 4. The van der Waals surface area contributed by atoms with Gasteiger partial charge < -0.3 is 47.8 Å². The molecule has 15 heteroatoms. The highest BCUT2D eigenvalue weighted by molar-refractivity contribution is 6.06. The van der Waals surface area contributed by atoms with Gasteiger partial charge in [-0.05, 0) is 80.7 Å². The monoisotopic (exact) mass is 735 g/mol. The zero-order valence-electron chi connectivity index (χ0n) is 30.9. The van der Waals surface area contributed by atoms with E-state index in [-0.39, 0.29) is 48.8 Å². The summed E-state index contributed by atoms with van der Waals surface area (Å²) in [5.74, 6) is -0.409. The number of aliphatic hydroxyl groups is 4. The van der Waals surface area contributed by atoms with Crippen molar-refractivity contribution in [2.45, 2.75) is 83.0 Å². The second kappa shape index (κ2) is 22.4. The second-order valence-corrected chi connectivity index (χ2v) is 13.2. The maximum absolute atomic E-state index is 12.7. The first-order valence-corrected chi connectivity index (χ1v) is 18.2. The molecule has 0 radical (unpaired) electrons. The van der Waals surface area contributed by atoms with Gasteiger partial charge in [0.25, 0.3) is 5.91 Å². The molecule has 0 fully saturated rings. The highest BCUT2D eigenvalue weighted by Crippen LogP contribution is 2.22. The molecular weight excluding hydrogens is 678 g/mol. The number of nitrogens with one attached hydrogen (secondary N) is 2. The zero-order chi connectivity index (χ0) is 38.8. The number of nitrogen functional groups attached to an aromatic ring is 2. The number of hydrogen-bond acceptors (Lipinski definition) is 12. The van der Waals surface area contributed by atoms with Crippen LogP contribution < -0.4 is 27.8 Å². The number of carbonyl (C=O) groups is 2. The number of aliphatic hydroxyl groups excluding tert-OH is 4. The van der Waals surface area contributed by atoms with Crippen LogP contribution in [0, 0.1) is 6.92 Å². The molecule has 3 unspecified atom stereocenters. The number of rotatable bonds is 22. The zero-order valence-corrected chi connectivity index (χ0v) is 30.9. The van der Waals surface area contributed by atoms with Crippen molar-refractivity contribution in [3.8, 4) is 11.1 Å². The second-order valence-electron chi connectivity index (χ2n) is 13.2. The molecule has 290 valence electrons. The number of aryl methyl sites for hydroxylation is 3. The van der Waals surface area contributed by atoms with Crippen molar-refractivity contribution in [3.05, 3.63) is 71.0 Å². The fraction of sp³-hybridized carbons (Fsp3) is 0.500. The van der Waals surface area contributed by atoms with Gasteiger partial charge in [-0.1, -0.05) is 55.0 Å². The van der Waals surface area contributed by atoms with E-state index in [1.165, 1.54) is 5.56 Å². The van der Waals surface area contributed by atoms with Crippen LogP contribution in [0.15, 0.2) is 53.5 Å². The van der Waals surface area contributed by atoms with E-state index >= 15 is 0 Å². The summed E-state index contributed by atoms with van der Waals surface area (Å²) in [5.41, 5.74) is 22.2. The molecule has 15 nitrogen and oxygen atoms in total. The number of aliphatic imine (C=N–C) groups is 1. The van der Waals surface area contributed by atoms with E-state index in [4.69, 9.17) is 22.3 Å². The summed E-state index contributed by atoms with van der Waals surface area (Å²) in [7, 11) is 1.83. The first kappa shape index (κ1) is 42.7. The number of benzene rings is 2. The van der Waals surface area contributed by atoms with Crippen LogP contribution in [0.2, 0.25) is 0 Å². The van der Waals surface area contributed by atoms with Crippen molar-refractivity contribution >= 4 is 29.4 Å². The van der Waals surface area contributed by atoms with E-state index in [1.807, 2.05) is 7.05 Å². The Balaban J connectivity index is 1.29. The first-order chi connectivity index (χ1) is 25.4. The van der Waals surface area contributed by atoms with Gasteiger partial charge >= 0.3 is 0 Å². The summed E-state index contributed by atoms with van der Waals surface area (Å²) in [4.78, 5) is 39.1. The summed E-state index contributed by atoms with van der Waals surface area (Å²) in [6.07, 6.45) is 2.75. The molecule has 0 spiro atoms. The molecule has 53 heavy (non-hydrogen) atoms. The molecule has 3 aromatic rings. The van der Waals surface area contributed by atoms with Crippen molar-refractivity contribution in [2.24, 2.45) is 10.7 Å². The molecule has 1 aromatic heterocycles. The third-order valence-corrected chi connectivity index (χ3v) is 8.95. The number of aromatic nitrogens is 2. The number of nitrogens with two attached hydrogens (primary N) is 3. The predicted octanol–water partition coefficient (Wildman–Crippen LogP) is 1.30. The van der Waals surface area contributed by atoms with Crippen LogP contribution in [0.25, 0.3) is 11.1 Å². The van der Waals surface area contributed by atoms with Crippen LogP contribution in [-0.4, -0.2) is 111 Å². The van der Waals surface area contributed by atoms with Crippen LogP contribution in [0.5, 0.6) is 0 Å². The number of amides is 2. The molecular formula is C38H57N9O6. The summed E-state index contributed by atoms with van der Waals surface area (Å²) in [6, 6.07) is 16.8. The Labute approximate surface area is 311 Å². The Morgan fingerprint density at radius 1 is 0.849 bits per heavy atom. The molecule has 2 aromatic carbocycles. The average Bonchev–Trinajstić information content (AvgIpc) is 3.14. The van der Waals surface area contributed by atoms with Gasteiger partial charge in [0.2, 0.25) is 5.91 Å². The Kier molecular flexibility index (Phi) is 18.1. The summed E-state index contributed by atoms with van der Waals surface area (Å²) < 4.78 is 0. The highest BCUT2D eigenvalue weighted by atomic mass is 16.4. The van der Waals surface area contributed by atoms with Gasteiger partial charge in [-0.3, -0.25) is 19.9 Å². The normalized spacial score (nSPS) is 13.4. The Bertz CT molecular complexity index is 1600. The largest absolute Gasteiger partial charge is 0.396 e. The molecule has 3 atom stereocenters. The number of carbonyl (C=O) groups excluding carboxylic acids is 2. The Morgan fingerprint density at radius 2 is 1.49 bits per heavy atom. The Morgan fingerprint density at radius 3 is 2.13 bits per heavy atom. The molecule has 0 saturated heterocycles. The Hall–Kier alpha value is -4.67. The van der Waals surface area contributed by atoms with Crippen LogP contribution in [0.3, 0.4) is 0 Å². The maximum Gasteiger partial charge on any atom is 0.280 e. The molecule has 0 saturated carbocycles. The van der Waals surface area contributed by atoms with E-state index in [1.54, 1.807) is 11.8 Å². The minimum Gasteiger partial charge on any atom is -0.396 e. The summed E-state index contributed by atoms with van der Waals surface area (Å²) in [6.45, 7) is 3.30. The van der Waals surface area contributed by atoms with E-state index in [0.29, 0.717) is 38.2 Å². The lowest BCUT2D eigenvalue weighted by atomic mass is 9.99. The lowest BCUT2D eigenvalue weighted by molar-refractivity contribution is -0.129. The summed E-state index contributed by atoms with van der Waals surface area (Å²) in [5, 5.41) is 43.8. The van der Waals surface area contributed by atoms with E-state index in [9.17, 15) is 24.9 Å². The van der Waals surface area contributed by atoms with E-state index in [0.717, 1.165) is 55.2 Å². The molecule has 1 heterocycles. The fourth-order valence-corrected chi connectivity index (χ4v) is 5.57. The quantitative estimate of drug-likeness (QED) is 0.0402. The fourth-order valence-electron chi connectivity index (χ4n) is 5.57. The number of guanidine groups is 1. The van der Waals surface area contributed by atoms with Crippen molar-refractivity contribution < 1.29 is 30.0 Å². The lowest BCUT2D eigenvalue weighted by Gasteiger charge is -2.22. The number of unbranched alkanes of at least 4 members (excludes halogenated alkanes) is 3. The number of hydrogen-bond donors (Lipinski definition) is 9. The van der Waals surface area contributed by atoms with Gasteiger partial charge in [-0.15, -0.1) is 0 Å². The average molecular weight is 736 g/mol. The van der Waals surface area contributed by atoms with Crippen LogP contribution in [0.4, 0.5) is 11.6 Å². The molecule has 3 rings (SSSR count). The minimum atomic E-state index is -1.30. The number of anilines is 2. The third-order valence-electron chi connectivity index (χ3n) is 8.95. The molecule has 0 aliphatic rings. The molecule has 12 N–H and O–H groups in total. The van der Waals surface area contributed by atoms with Gasteiger partial charge in [-0.2, -0.15) is 0 Å². The predicted molar refractivity (Wildman–Crippen MR) is 207 cm³/mol. The van der Waals surface area contributed by atoms with Gasteiger partial charge in [0.1, 0.15) is 11.9 Å². The van der Waals surface area contributed by atoms with Gasteiger partial charge in [0, 0.05) is 39.7 Å². The maximum atomic E-state index is 12.7. The van der Waals surface area contributed by atoms with Crippen molar-refractivity contribution in [1.82, 2.24) is 25.5 Å². The molecule has 2 amide bonds. The summed E-state index contributed by atoms with van der Waals surface area (Å²) >= 11 is 0. The van der Waals surface area contributed by atoms with Gasteiger partial charge in [0.05, 0.1) is 17.9 Å². The van der Waals surface area contributed by atoms with Crippen molar-refractivity contribution in [2.75, 3.05) is 51.3 Å². The van der Waals surface area contributed by atoms with Crippen molar-refractivity contribution in [1.29, 1.82) is 0 Å². The van der Waals surface area contributed by atoms with E-state index in [2.05, 4.69) is 74.1 Å². The molecule has 0 aliphatic heterocycles. The standard InChI is InChI=1S/C38H57N9O6/c1-25-35(39)45-36(40)33(44-25)37(53)46-38(41)43-21-6-4-8-26-9-14-28(15-10-26)29-16-11-27(12-17-29)13-18-32(51)47(2)22-7-3-5-20-42-24-31(50)34(52)30(49)19-23-48/h9-12,14-17,30-31,34,42,48-50,52H,3-8,13,18-24H2,1-2H3,(H4,39,40,45)(H3,41,43,46,53). The van der Waals surface area contributed by atoms with Crippen LogP contribution in [-0.2, 0) is 17.6 Å². The first-order valence-electron chi connectivity index (χ1n) is 18.2. The van der Waals surface area contributed by atoms with E-state index < -0.39 is 24.2 Å². The highest BCUT2D eigenvalue weighted by Gasteiger charge is 2.23. The smallest absolute Gasteiger partial charge is 0.280 e. The SMILES string of the molecule is Cc1nc(C(=O)NC(N)=NCCCCc2ccc(-c3ccc(CCC(=O)N(C)CCCCCNCC(O)C(O)C(O)CCO)cc3)cc2)c(N)nc1N.